The molecule has 0 heterocycles. The molecular formula is C30H38O. The zero-order chi connectivity index (χ0) is 20.6. The topological polar surface area (TPSA) is 9.23 Å². The third kappa shape index (κ3) is 3.78. The Morgan fingerprint density at radius 3 is 1.35 bits per heavy atom. The second kappa shape index (κ2) is 8.74. The number of fused-ring (bicyclic) bond motifs is 2. The third-order valence-corrected chi connectivity index (χ3v) is 9.57. The summed E-state index contributed by atoms with van der Waals surface area (Å²) in [4.78, 5) is 0. The van der Waals surface area contributed by atoms with Crippen LogP contribution in [0.2, 0.25) is 0 Å². The molecule has 31 heavy (non-hydrogen) atoms. The molecule has 4 saturated carbocycles. The first kappa shape index (κ1) is 20.0. The standard InChI is InChI=1S/C30H38O/c1-3-9-21(10-4-1)23-17-19-27-25(23)13-7-15-29(27)31-30-16-8-14-26-24(18-20-28(26)30)22-11-5-2-6-12-22/h1-6,9-12,23-30H,7-8,13-20H2. The van der Waals surface area contributed by atoms with Gasteiger partial charge in [0.05, 0.1) is 12.2 Å². The largest absolute Gasteiger partial charge is 0.374 e. The maximum atomic E-state index is 7.13. The van der Waals surface area contributed by atoms with Gasteiger partial charge in [0.1, 0.15) is 0 Å². The molecule has 4 fully saturated rings. The molecule has 0 aliphatic heterocycles. The average Bonchev–Trinajstić information content (AvgIpc) is 3.46. The molecule has 0 saturated heterocycles. The van der Waals surface area contributed by atoms with E-state index in [1.165, 1.54) is 64.2 Å². The number of rotatable bonds is 4. The van der Waals surface area contributed by atoms with Crippen molar-refractivity contribution >= 4 is 0 Å². The number of hydrogen-bond donors (Lipinski definition) is 0. The first-order valence-electron chi connectivity index (χ1n) is 13.1. The Bertz CT molecular complexity index is 774. The molecule has 0 spiro atoms. The Morgan fingerprint density at radius 1 is 0.452 bits per heavy atom. The van der Waals surface area contributed by atoms with Gasteiger partial charge in [-0.05, 0) is 98.0 Å². The van der Waals surface area contributed by atoms with Crippen molar-refractivity contribution in [3.05, 3.63) is 71.8 Å². The molecule has 8 unspecified atom stereocenters. The molecule has 8 atom stereocenters. The van der Waals surface area contributed by atoms with E-state index in [2.05, 4.69) is 60.7 Å². The molecule has 2 aromatic carbocycles. The lowest BCUT2D eigenvalue weighted by Crippen LogP contribution is -2.40. The summed E-state index contributed by atoms with van der Waals surface area (Å²) < 4.78 is 7.13. The Hall–Kier alpha value is -1.60. The van der Waals surface area contributed by atoms with E-state index in [1.807, 2.05) is 0 Å². The molecule has 164 valence electrons. The van der Waals surface area contributed by atoms with Crippen molar-refractivity contribution in [3.63, 3.8) is 0 Å². The van der Waals surface area contributed by atoms with Crippen molar-refractivity contribution < 1.29 is 4.74 Å². The van der Waals surface area contributed by atoms with Crippen LogP contribution in [0.25, 0.3) is 0 Å². The SMILES string of the molecule is c1ccc(C2CCC3C(OC4CCCC5C(c6ccccc6)CCC45)CCCC23)cc1. The van der Waals surface area contributed by atoms with Gasteiger partial charge in [-0.3, -0.25) is 0 Å². The number of benzene rings is 2. The zero-order valence-corrected chi connectivity index (χ0v) is 18.9. The molecule has 4 aliphatic carbocycles. The van der Waals surface area contributed by atoms with Crippen LogP contribution < -0.4 is 0 Å². The Balaban J connectivity index is 1.15. The fourth-order valence-corrected chi connectivity index (χ4v) is 8.28. The minimum absolute atomic E-state index is 0.520. The summed E-state index contributed by atoms with van der Waals surface area (Å²) in [6.07, 6.45) is 14.7. The zero-order valence-electron chi connectivity index (χ0n) is 18.9. The maximum Gasteiger partial charge on any atom is 0.0610 e. The fraction of sp³-hybridized carbons (Fsp3) is 0.600. The third-order valence-electron chi connectivity index (χ3n) is 9.57. The van der Waals surface area contributed by atoms with E-state index in [0.29, 0.717) is 12.2 Å². The molecule has 1 heteroatoms. The van der Waals surface area contributed by atoms with Gasteiger partial charge in [-0.25, -0.2) is 0 Å². The van der Waals surface area contributed by atoms with Crippen LogP contribution in [-0.2, 0) is 4.74 Å². The van der Waals surface area contributed by atoms with Crippen molar-refractivity contribution in [1.29, 1.82) is 0 Å². The molecule has 2 aromatic rings. The monoisotopic (exact) mass is 414 g/mol. The number of hydrogen-bond acceptors (Lipinski definition) is 1. The summed E-state index contributed by atoms with van der Waals surface area (Å²) in [5.74, 6) is 4.83. The smallest absolute Gasteiger partial charge is 0.0610 e. The molecule has 0 bridgehead atoms. The summed E-state index contributed by atoms with van der Waals surface area (Å²) in [6.45, 7) is 0. The summed E-state index contributed by atoms with van der Waals surface area (Å²) in [5, 5.41) is 0. The van der Waals surface area contributed by atoms with Crippen LogP contribution in [0, 0.1) is 23.7 Å². The van der Waals surface area contributed by atoms with Crippen molar-refractivity contribution in [2.24, 2.45) is 23.7 Å². The normalized spacial score (nSPS) is 39.7. The van der Waals surface area contributed by atoms with E-state index in [4.69, 9.17) is 4.74 Å². The van der Waals surface area contributed by atoms with Gasteiger partial charge < -0.3 is 4.74 Å². The molecule has 1 nitrogen and oxygen atoms in total. The highest BCUT2D eigenvalue weighted by molar-refractivity contribution is 5.24. The van der Waals surface area contributed by atoms with Crippen molar-refractivity contribution in [3.8, 4) is 0 Å². The lowest BCUT2D eigenvalue weighted by Gasteiger charge is -2.42. The first-order valence-corrected chi connectivity index (χ1v) is 13.1. The van der Waals surface area contributed by atoms with E-state index in [9.17, 15) is 0 Å². The molecular weight excluding hydrogens is 376 g/mol. The highest BCUT2D eigenvalue weighted by atomic mass is 16.5. The average molecular weight is 415 g/mol. The van der Waals surface area contributed by atoms with Crippen molar-refractivity contribution in [2.45, 2.75) is 88.3 Å². The molecule has 0 amide bonds. The lowest BCUT2D eigenvalue weighted by molar-refractivity contribution is -0.110. The predicted molar refractivity (Wildman–Crippen MR) is 127 cm³/mol. The van der Waals surface area contributed by atoms with Crippen molar-refractivity contribution in [2.75, 3.05) is 0 Å². The predicted octanol–water partition coefficient (Wildman–Crippen LogP) is 7.73. The van der Waals surface area contributed by atoms with Crippen LogP contribution in [0.4, 0.5) is 0 Å². The van der Waals surface area contributed by atoms with Gasteiger partial charge in [0, 0.05) is 0 Å². The van der Waals surface area contributed by atoms with E-state index < -0.39 is 0 Å². The van der Waals surface area contributed by atoms with Crippen LogP contribution in [0.1, 0.15) is 87.2 Å². The molecule has 0 N–H and O–H groups in total. The van der Waals surface area contributed by atoms with E-state index in [-0.39, 0.29) is 0 Å². The van der Waals surface area contributed by atoms with Crippen molar-refractivity contribution in [1.82, 2.24) is 0 Å². The van der Waals surface area contributed by atoms with Crippen LogP contribution >= 0.6 is 0 Å². The van der Waals surface area contributed by atoms with Gasteiger partial charge in [0.2, 0.25) is 0 Å². The Labute approximate surface area is 188 Å². The maximum absolute atomic E-state index is 7.13. The quantitative estimate of drug-likeness (QED) is 0.497. The summed E-state index contributed by atoms with van der Waals surface area (Å²) in [6, 6.07) is 22.7. The summed E-state index contributed by atoms with van der Waals surface area (Å²) in [7, 11) is 0. The highest BCUT2D eigenvalue weighted by Crippen LogP contribution is 2.54. The second-order valence-corrected chi connectivity index (χ2v) is 10.9. The first-order chi connectivity index (χ1) is 15.4. The Morgan fingerprint density at radius 2 is 0.903 bits per heavy atom. The van der Waals surface area contributed by atoms with E-state index in [1.54, 1.807) is 11.1 Å². The minimum Gasteiger partial charge on any atom is -0.374 e. The van der Waals surface area contributed by atoms with Gasteiger partial charge in [-0.1, -0.05) is 73.5 Å². The Kier molecular flexibility index (Phi) is 5.65. The van der Waals surface area contributed by atoms with Gasteiger partial charge >= 0.3 is 0 Å². The highest BCUT2D eigenvalue weighted by Gasteiger charge is 2.47. The molecule has 0 radical (unpaired) electrons. The van der Waals surface area contributed by atoms with Gasteiger partial charge in [-0.2, -0.15) is 0 Å². The van der Waals surface area contributed by atoms with Gasteiger partial charge in [0.15, 0.2) is 0 Å². The minimum atomic E-state index is 0.520. The summed E-state index contributed by atoms with van der Waals surface area (Å²) >= 11 is 0. The van der Waals surface area contributed by atoms with Crippen LogP contribution in [0.5, 0.6) is 0 Å². The van der Waals surface area contributed by atoms with Crippen LogP contribution in [-0.4, -0.2) is 12.2 Å². The number of ether oxygens (including phenoxy) is 1. The van der Waals surface area contributed by atoms with Gasteiger partial charge in [0.25, 0.3) is 0 Å². The molecule has 0 aromatic heterocycles. The fourth-order valence-electron chi connectivity index (χ4n) is 8.28. The molecule has 6 rings (SSSR count). The molecule has 4 aliphatic rings. The second-order valence-electron chi connectivity index (χ2n) is 10.9. The van der Waals surface area contributed by atoms with Gasteiger partial charge in [-0.15, -0.1) is 0 Å². The lowest BCUT2D eigenvalue weighted by atomic mass is 9.73. The van der Waals surface area contributed by atoms with Crippen LogP contribution in [0.3, 0.4) is 0 Å². The van der Waals surface area contributed by atoms with E-state index in [0.717, 1.165) is 35.5 Å². The van der Waals surface area contributed by atoms with Crippen LogP contribution in [0.15, 0.2) is 60.7 Å². The summed E-state index contributed by atoms with van der Waals surface area (Å²) in [5.41, 5.74) is 3.16. The van der Waals surface area contributed by atoms with E-state index >= 15 is 0 Å².